The Morgan fingerprint density at radius 2 is 1.76 bits per heavy atom. The molecule has 0 N–H and O–H groups in total. The van der Waals surface area contributed by atoms with Crippen LogP contribution in [-0.2, 0) is 11.2 Å². The standard InChI is InChI=1S/C19H19BrCl2N2O/c20-17(12-14-4-1-2-7-18(14)22)19(25)24-10-8-23(9-11-24)16-6-3-5-15(21)13-16/h1-7,13,17H,8-12H2. The molecule has 0 radical (unpaired) electrons. The molecular weight excluding hydrogens is 423 g/mol. The molecule has 2 aromatic rings. The van der Waals surface area contributed by atoms with Gasteiger partial charge in [-0.2, -0.15) is 0 Å². The number of hydrogen-bond acceptors (Lipinski definition) is 2. The predicted octanol–water partition coefficient (Wildman–Crippen LogP) is 4.65. The minimum absolute atomic E-state index is 0.116. The van der Waals surface area contributed by atoms with Crippen LogP contribution in [0.1, 0.15) is 5.56 Å². The first-order valence-electron chi connectivity index (χ1n) is 8.21. The van der Waals surface area contributed by atoms with E-state index in [1.165, 1.54) is 0 Å². The molecule has 132 valence electrons. The van der Waals surface area contributed by atoms with Gasteiger partial charge in [-0.3, -0.25) is 4.79 Å². The van der Waals surface area contributed by atoms with Crippen LogP contribution in [0.3, 0.4) is 0 Å². The van der Waals surface area contributed by atoms with Crippen LogP contribution in [0.5, 0.6) is 0 Å². The first-order chi connectivity index (χ1) is 12.0. The van der Waals surface area contributed by atoms with Crippen molar-refractivity contribution < 1.29 is 4.79 Å². The van der Waals surface area contributed by atoms with E-state index in [-0.39, 0.29) is 10.7 Å². The Morgan fingerprint density at radius 3 is 2.44 bits per heavy atom. The highest BCUT2D eigenvalue weighted by molar-refractivity contribution is 9.10. The third kappa shape index (κ3) is 4.69. The van der Waals surface area contributed by atoms with Gasteiger partial charge in [-0.15, -0.1) is 0 Å². The van der Waals surface area contributed by atoms with Gasteiger partial charge in [0.2, 0.25) is 5.91 Å². The molecule has 0 spiro atoms. The molecule has 1 aliphatic heterocycles. The summed E-state index contributed by atoms with van der Waals surface area (Å²) < 4.78 is 0. The van der Waals surface area contributed by atoms with Crippen LogP contribution in [0.2, 0.25) is 10.0 Å². The summed E-state index contributed by atoms with van der Waals surface area (Å²) in [6, 6.07) is 15.5. The van der Waals surface area contributed by atoms with Crippen LogP contribution in [0.15, 0.2) is 48.5 Å². The van der Waals surface area contributed by atoms with Gasteiger partial charge < -0.3 is 9.80 Å². The van der Waals surface area contributed by atoms with Gasteiger partial charge in [0, 0.05) is 41.9 Å². The molecule has 1 heterocycles. The zero-order valence-electron chi connectivity index (χ0n) is 13.7. The van der Waals surface area contributed by atoms with Crippen molar-refractivity contribution in [2.24, 2.45) is 0 Å². The van der Waals surface area contributed by atoms with Gasteiger partial charge in [-0.1, -0.05) is 63.4 Å². The minimum Gasteiger partial charge on any atom is -0.368 e. The summed E-state index contributed by atoms with van der Waals surface area (Å²) in [5.74, 6) is 0.116. The summed E-state index contributed by atoms with van der Waals surface area (Å²) in [5, 5.41) is 1.43. The Morgan fingerprint density at radius 1 is 1.04 bits per heavy atom. The minimum atomic E-state index is -0.259. The Labute approximate surface area is 166 Å². The number of anilines is 1. The zero-order chi connectivity index (χ0) is 17.8. The van der Waals surface area contributed by atoms with Gasteiger partial charge in [0.15, 0.2) is 0 Å². The van der Waals surface area contributed by atoms with E-state index in [4.69, 9.17) is 23.2 Å². The van der Waals surface area contributed by atoms with Crippen LogP contribution in [0.25, 0.3) is 0 Å². The van der Waals surface area contributed by atoms with E-state index in [0.29, 0.717) is 24.5 Å². The molecular formula is C19H19BrCl2N2O. The molecule has 0 aromatic heterocycles. The maximum absolute atomic E-state index is 12.7. The highest BCUT2D eigenvalue weighted by Crippen LogP contribution is 2.23. The third-order valence-corrected chi connectivity index (χ3v) is 5.71. The van der Waals surface area contributed by atoms with Gasteiger partial charge in [-0.25, -0.2) is 0 Å². The molecule has 1 amide bonds. The van der Waals surface area contributed by atoms with Crippen LogP contribution in [-0.4, -0.2) is 41.8 Å². The normalized spacial score (nSPS) is 16.0. The summed E-state index contributed by atoms with van der Waals surface area (Å²) in [7, 11) is 0. The van der Waals surface area contributed by atoms with E-state index < -0.39 is 0 Å². The van der Waals surface area contributed by atoms with Crippen LogP contribution < -0.4 is 4.90 Å². The van der Waals surface area contributed by atoms with Gasteiger partial charge in [0.1, 0.15) is 0 Å². The van der Waals surface area contributed by atoms with Crippen molar-refractivity contribution >= 4 is 50.7 Å². The summed E-state index contributed by atoms with van der Waals surface area (Å²) in [5.41, 5.74) is 2.09. The Bertz CT molecular complexity index is 748. The molecule has 1 fully saturated rings. The predicted molar refractivity (Wildman–Crippen MR) is 108 cm³/mol. The van der Waals surface area contributed by atoms with E-state index in [1.54, 1.807) is 0 Å². The third-order valence-electron chi connectivity index (χ3n) is 4.39. The maximum atomic E-state index is 12.7. The molecule has 1 saturated heterocycles. The smallest absolute Gasteiger partial charge is 0.236 e. The molecule has 1 unspecified atom stereocenters. The van der Waals surface area contributed by atoms with Crippen molar-refractivity contribution in [1.82, 2.24) is 4.90 Å². The molecule has 0 aliphatic carbocycles. The number of amides is 1. The highest BCUT2D eigenvalue weighted by atomic mass is 79.9. The number of benzene rings is 2. The van der Waals surface area contributed by atoms with E-state index in [0.717, 1.165) is 29.4 Å². The van der Waals surface area contributed by atoms with E-state index in [9.17, 15) is 4.79 Å². The Balaban J connectivity index is 1.57. The largest absolute Gasteiger partial charge is 0.368 e. The van der Waals surface area contributed by atoms with Crippen LogP contribution in [0, 0.1) is 0 Å². The van der Waals surface area contributed by atoms with Gasteiger partial charge >= 0.3 is 0 Å². The van der Waals surface area contributed by atoms with Gasteiger partial charge in [0.25, 0.3) is 0 Å². The number of alkyl halides is 1. The lowest BCUT2D eigenvalue weighted by Gasteiger charge is -2.37. The average molecular weight is 442 g/mol. The molecule has 25 heavy (non-hydrogen) atoms. The maximum Gasteiger partial charge on any atom is 0.236 e. The number of halogens is 3. The molecule has 0 bridgehead atoms. The number of nitrogens with zero attached hydrogens (tertiary/aromatic N) is 2. The van der Waals surface area contributed by atoms with Crippen molar-refractivity contribution in [1.29, 1.82) is 0 Å². The Kier molecular flexibility index (Phi) is 6.26. The molecule has 0 saturated carbocycles. The fourth-order valence-corrected chi connectivity index (χ4v) is 4.04. The molecule has 2 aromatic carbocycles. The van der Waals surface area contributed by atoms with E-state index >= 15 is 0 Å². The van der Waals surface area contributed by atoms with Gasteiger partial charge in [0.05, 0.1) is 4.83 Å². The molecule has 6 heteroatoms. The fraction of sp³-hybridized carbons (Fsp3) is 0.316. The zero-order valence-corrected chi connectivity index (χ0v) is 16.8. The van der Waals surface area contributed by atoms with E-state index in [2.05, 4.69) is 20.8 Å². The topological polar surface area (TPSA) is 23.6 Å². The number of carbonyl (C=O) groups excluding carboxylic acids is 1. The summed E-state index contributed by atoms with van der Waals surface area (Å²) in [6.45, 7) is 3.02. The summed E-state index contributed by atoms with van der Waals surface area (Å²) >= 11 is 15.8. The number of piperazine rings is 1. The molecule has 3 nitrogen and oxygen atoms in total. The van der Waals surface area contributed by atoms with Crippen LogP contribution in [0.4, 0.5) is 5.69 Å². The second kappa shape index (κ2) is 8.43. The second-order valence-corrected chi connectivity index (χ2v) is 8.00. The lowest BCUT2D eigenvalue weighted by molar-refractivity contribution is -0.130. The quantitative estimate of drug-likeness (QED) is 0.644. The molecule has 1 aliphatic rings. The van der Waals surface area contributed by atoms with Gasteiger partial charge in [-0.05, 0) is 36.2 Å². The SMILES string of the molecule is O=C(C(Br)Cc1ccccc1Cl)N1CCN(c2cccc(Cl)c2)CC1. The number of carbonyl (C=O) groups is 1. The van der Waals surface area contributed by atoms with Crippen molar-refractivity contribution in [2.45, 2.75) is 11.2 Å². The lowest BCUT2D eigenvalue weighted by Crippen LogP contribution is -2.51. The van der Waals surface area contributed by atoms with E-state index in [1.807, 2.05) is 53.4 Å². The fourth-order valence-electron chi connectivity index (χ4n) is 3.00. The average Bonchev–Trinajstić information content (AvgIpc) is 2.63. The van der Waals surface area contributed by atoms with Crippen molar-refractivity contribution in [2.75, 3.05) is 31.1 Å². The monoisotopic (exact) mass is 440 g/mol. The summed E-state index contributed by atoms with van der Waals surface area (Å²) in [6.07, 6.45) is 0.590. The molecule has 3 rings (SSSR count). The molecule has 1 atom stereocenters. The van der Waals surface area contributed by atoms with Crippen molar-refractivity contribution in [3.63, 3.8) is 0 Å². The lowest BCUT2D eigenvalue weighted by atomic mass is 10.1. The number of hydrogen-bond donors (Lipinski definition) is 0. The highest BCUT2D eigenvalue weighted by Gasteiger charge is 2.26. The van der Waals surface area contributed by atoms with Crippen LogP contribution >= 0.6 is 39.1 Å². The number of rotatable bonds is 4. The Hall–Kier alpha value is -1.23. The first-order valence-corrected chi connectivity index (χ1v) is 9.88. The van der Waals surface area contributed by atoms with Crippen molar-refractivity contribution in [3.8, 4) is 0 Å². The van der Waals surface area contributed by atoms with Crippen molar-refractivity contribution in [3.05, 3.63) is 64.1 Å². The summed E-state index contributed by atoms with van der Waals surface area (Å²) in [4.78, 5) is 16.6. The second-order valence-electron chi connectivity index (χ2n) is 6.06. The first kappa shape index (κ1) is 18.6.